The molecule has 96 valence electrons. The van der Waals surface area contributed by atoms with Crippen LogP contribution in [0.4, 0.5) is 0 Å². The minimum absolute atomic E-state index is 0. The highest BCUT2D eigenvalue weighted by Gasteiger charge is 2.11. The Kier molecular flexibility index (Phi) is 5.34. The van der Waals surface area contributed by atoms with E-state index in [1.54, 1.807) is 11.3 Å². The van der Waals surface area contributed by atoms with E-state index in [-0.39, 0.29) is 12.4 Å². The summed E-state index contributed by atoms with van der Waals surface area (Å²) in [6, 6.07) is 11.1. The van der Waals surface area contributed by atoms with Gasteiger partial charge in [-0.1, -0.05) is 30.3 Å². The highest BCUT2D eigenvalue weighted by Crippen LogP contribution is 2.24. The van der Waals surface area contributed by atoms with E-state index < -0.39 is 12.0 Å². The molecule has 0 aliphatic heterocycles. The van der Waals surface area contributed by atoms with Gasteiger partial charge < -0.3 is 10.8 Å². The Hall–Kier alpha value is -1.36. The lowest BCUT2D eigenvalue weighted by atomic mass is 10.0. The maximum absolute atomic E-state index is 10.6. The largest absolute Gasteiger partial charge is 0.480 e. The smallest absolute Gasteiger partial charge is 0.320 e. The van der Waals surface area contributed by atoms with Crippen LogP contribution in [0.15, 0.2) is 41.8 Å². The van der Waals surface area contributed by atoms with Crippen molar-refractivity contribution in [2.24, 2.45) is 5.73 Å². The van der Waals surface area contributed by atoms with Crippen molar-refractivity contribution in [2.45, 2.75) is 12.5 Å². The molecule has 3 N–H and O–H groups in total. The van der Waals surface area contributed by atoms with E-state index in [4.69, 9.17) is 10.8 Å². The second-order valence-corrected chi connectivity index (χ2v) is 4.77. The number of carboxylic acids is 1. The first-order valence-electron chi connectivity index (χ1n) is 5.28. The number of carboxylic acid groups (broad SMARTS) is 1. The fourth-order valence-corrected chi connectivity index (χ4v) is 2.32. The molecule has 0 saturated carbocycles. The predicted octanol–water partition coefficient (Wildman–Crippen LogP) is 2.79. The van der Waals surface area contributed by atoms with Crippen LogP contribution in [0.5, 0.6) is 0 Å². The molecule has 0 amide bonds. The Morgan fingerprint density at radius 2 is 1.94 bits per heavy atom. The highest BCUT2D eigenvalue weighted by atomic mass is 35.5. The standard InChI is InChI=1S/C13H13NO2S.ClH/c14-11(13(15)16)8-9-3-5-10(6-4-9)12-2-1-7-17-12;/h1-7,11H,8,14H2,(H,15,16);1H. The average Bonchev–Trinajstić information content (AvgIpc) is 2.83. The number of hydrogen-bond donors (Lipinski definition) is 2. The highest BCUT2D eigenvalue weighted by molar-refractivity contribution is 7.13. The Labute approximate surface area is 116 Å². The Morgan fingerprint density at radius 1 is 1.28 bits per heavy atom. The van der Waals surface area contributed by atoms with Crippen molar-refractivity contribution in [3.05, 3.63) is 47.3 Å². The zero-order chi connectivity index (χ0) is 12.3. The number of rotatable bonds is 4. The van der Waals surface area contributed by atoms with Crippen LogP contribution in [-0.2, 0) is 11.2 Å². The van der Waals surface area contributed by atoms with Gasteiger partial charge in [-0.15, -0.1) is 23.7 Å². The first-order chi connectivity index (χ1) is 8.16. The molecule has 0 radical (unpaired) electrons. The molecule has 0 spiro atoms. The molecule has 0 bridgehead atoms. The van der Waals surface area contributed by atoms with E-state index >= 15 is 0 Å². The monoisotopic (exact) mass is 283 g/mol. The van der Waals surface area contributed by atoms with Crippen LogP contribution < -0.4 is 5.73 Å². The molecular formula is C13H14ClNO2S. The van der Waals surface area contributed by atoms with Crippen LogP contribution in [0.1, 0.15) is 5.56 Å². The number of aliphatic carboxylic acids is 1. The summed E-state index contributed by atoms with van der Waals surface area (Å²) in [7, 11) is 0. The molecule has 1 atom stereocenters. The molecule has 2 aromatic rings. The maximum Gasteiger partial charge on any atom is 0.320 e. The molecule has 1 unspecified atom stereocenters. The van der Waals surface area contributed by atoms with Crippen molar-refractivity contribution >= 4 is 29.7 Å². The minimum atomic E-state index is -0.965. The number of thiophene rings is 1. The van der Waals surface area contributed by atoms with Crippen molar-refractivity contribution in [3.8, 4) is 10.4 Å². The lowest BCUT2D eigenvalue weighted by Crippen LogP contribution is -2.32. The lowest BCUT2D eigenvalue weighted by Gasteiger charge is -2.06. The molecule has 0 saturated heterocycles. The van der Waals surface area contributed by atoms with Crippen molar-refractivity contribution in [1.82, 2.24) is 0 Å². The van der Waals surface area contributed by atoms with E-state index in [0.717, 1.165) is 11.1 Å². The molecule has 2 rings (SSSR count). The van der Waals surface area contributed by atoms with Gasteiger partial charge in [0, 0.05) is 4.88 Å². The topological polar surface area (TPSA) is 63.3 Å². The van der Waals surface area contributed by atoms with Crippen LogP contribution >= 0.6 is 23.7 Å². The molecule has 3 nitrogen and oxygen atoms in total. The third-order valence-electron chi connectivity index (χ3n) is 2.53. The molecule has 1 aromatic heterocycles. The van der Waals surface area contributed by atoms with Gasteiger partial charge in [-0.2, -0.15) is 0 Å². The molecule has 1 heterocycles. The average molecular weight is 284 g/mol. The minimum Gasteiger partial charge on any atom is -0.480 e. The molecule has 0 aliphatic carbocycles. The summed E-state index contributed by atoms with van der Waals surface area (Å²) in [6.07, 6.45) is 0.361. The summed E-state index contributed by atoms with van der Waals surface area (Å²) < 4.78 is 0. The number of hydrogen-bond acceptors (Lipinski definition) is 3. The molecule has 1 aromatic carbocycles. The van der Waals surface area contributed by atoms with Crippen molar-refractivity contribution < 1.29 is 9.90 Å². The van der Waals surface area contributed by atoms with Gasteiger partial charge >= 0.3 is 5.97 Å². The summed E-state index contributed by atoms with van der Waals surface area (Å²) >= 11 is 1.68. The number of carbonyl (C=O) groups is 1. The Bertz CT molecular complexity index is 496. The second-order valence-electron chi connectivity index (χ2n) is 3.82. The number of benzene rings is 1. The molecule has 18 heavy (non-hydrogen) atoms. The Morgan fingerprint density at radius 3 is 2.44 bits per heavy atom. The van der Waals surface area contributed by atoms with Gasteiger partial charge in [0.1, 0.15) is 6.04 Å². The molecule has 0 aliphatic rings. The van der Waals surface area contributed by atoms with Crippen LogP contribution in [0.25, 0.3) is 10.4 Å². The number of nitrogens with two attached hydrogens (primary N) is 1. The number of halogens is 1. The summed E-state index contributed by atoms with van der Waals surface area (Å²) in [5.41, 5.74) is 7.57. The molecule has 0 fully saturated rings. The van der Waals surface area contributed by atoms with E-state index in [1.165, 1.54) is 4.88 Å². The Balaban J connectivity index is 0.00000162. The predicted molar refractivity (Wildman–Crippen MR) is 76.3 cm³/mol. The third-order valence-corrected chi connectivity index (χ3v) is 3.45. The van der Waals surface area contributed by atoms with E-state index in [0.29, 0.717) is 6.42 Å². The van der Waals surface area contributed by atoms with Crippen molar-refractivity contribution in [2.75, 3.05) is 0 Å². The van der Waals surface area contributed by atoms with E-state index in [2.05, 4.69) is 6.07 Å². The zero-order valence-corrected chi connectivity index (χ0v) is 11.2. The van der Waals surface area contributed by atoms with E-state index in [1.807, 2.05) is 35.7 Å². The van der Waals surface area contributed by atoms with Gasteiger partial charge in [0.25, 0.3) is 0 Å². The summed E-state index contributed by atoms with van der Waals surface area (Å²) in [4.78, 5) is 11.8. The SMILES string of the molecule is Cl.NC(Cc1ccc(-c2cccs2)cc1)C(=O)O. The van der Waals surface area contributed by atoms with Crippen LogP contribution in [0.3, 0.4) is 0 Å². The van der Waals surface area contributed by atoms with Gasteiger partial charge in [-0.05, 0) is 29.0 Å². The first kappa shape index (κ1) is 14.7. The van der Waals surface area contributed by atoms with Crippen molar-refractivity contribution in [3.63, 3.8) is 0 Å². The first-order valence-corrected chi connectivity index (χ1v) is 6.16. The van der Waals surface area contributed by atoms with Gasteiger partial charge in [-0.25, -0.2) is 0 Å². The second kappa shape index (κ2) is 6.54. The summed E-state index contributed by atoms with van der Waals surface area (Å²) in [5.74, 6) is -0.965. The van der Waals surface area contributed by atoms with E-state index in [9.17, 15) is 4.79 Å². The lowest BCUT2D eigenvalue weighted by molar-refractivity contribution is -0.138. The molecular weight excluding hydrogens is 270 g/mol. The zero-order valence-electron chi connectivity index (χ0n) is 9.58. The third kappa shape index (κ3) is 3.57. The fourth-order valence-electron chi connectivity index (χ4n) is 1.59. The van der Waals surface area contributed by atoms with Crippen LogP contribution in [0.2, 0.25) is 0 Å². The summed E-state index contributed by atoms with van der Waals surface area (Å²) in [6.45, 7) is 0. The maximum atomic E-state index is 10.6. The molecule has 5 heteroatoms. The van der Waals surface area contributed by atoms with Gasteiger partial charge in [0.2, 0.25) is 0 Å². The van der Waals surface area contributed by atoms with Gasteiger partial charge in [0.05, 0.1) is 0 Å². The fraction of sp³-hybridized carbons (Fsp3) is 0.154. The van der Waals surface area contributed by atoms with Crippen LogP contribution in [-0.4, -0.2) is 17.1 Å². The van der Waals surface area contributed by atoms with Crippen molar-refractivity contribution in [1.29, 1.82) is 0 Å². The normalized spacial score (nSPS) is 11.6. The van der Waals surface area contributed by atoms with Crippen LogP contribution in [0, 0.1) is 0 Å². The quantitative estimate of drug-likeness (QED) is 0.907. The van der Waals surface area contributed by atoms with Gasteiger partial charge in [-0.3, -0.25) is 4.79 Å². The van der Waals surface area contributed by atoms with Gasteiger partial charge in [0.15, 0.2) is 0 Å². The summed E-state index contributed by atoms with van der Waals surface area (Å²) in [5, 5.41) is 10.8.